The second kappa shape index (κ2) is 5.69. The van der Waals surface area contributed by atoms with Gasteiger partial charge < -0.3 is 9.64 Å². The van der Waals surface area contributed by atoms with E-state index in [2.05, 4.69) is 0 Å². The van der Waals surface area contributed by atoms with Crippen molar-refractivity contribution in [1.82, 2.24) is 4.90 Å². The molecule has 1 amide bonds. The van der Waals surface area contributed by atoms with E-state index in [4.69, 9.17) is 4.74 Å². The average molecular weight is 264 g/mol. The Morgan fingerprint density at radius 2 is 2.11 bits per heavy atom. The molecule has 2 rings (SSSR count). The maximum atomic E-state index is 10.6. The molecule has 0 spiro atoms. The molecule has 0 aliphatic carbocycles. The maximum Gasteiger partial charge on any atom is 0.269 e. The van der Waals surface area contributed by atoms with Crippen molar-refractivity contribution in [2.75, 3.05) is 13.1 Å². The topological polar surface area (TPSA) is 72.7 Å². The fraction of sp³-hybridized carbons (Fsp3) is 0.462. The molecule has 1 heterocycles. The Morgan fingerprint density at radius 3 is 2.63 bits per heavy atom. The van der Waals surface area contributed by atoms with Gasteiger partial charge in [0.25, 0.3) is 5.69 Å². The van der Waals surface area contributed by atoms with Crippen molar-refractivity contribution in [3.05, 3.63) is 33.9 Å². The van der Waals surface area contributed by atoms with E-state index in [0.717, 1.165) is 24.8 Å². The van der Waals surface area contributed by atoms with E-state index in [1.54, 1.807) is 17.9 Å². The molecule has 0 bridgehead atoms. The number of nitrogens with zero attached hydrogens (tertiary/aromatic N) is 2. The van der Waals surface area contributed by atoms with E-state index < -0.39 is 4.92 Å². The van der Waals surface area contributed by atoms with Gasteiger partial charge >= 0.3 is 0 Å². The summed E-state index contributed by atoms with van der Waals surface area (Å²) in [7, 11) is 0. The number of piperidine rings is 1. The van der Waals surface area contributed by atoms with Crippen molar-refractivity contribution in [2.24, 2.45) is 0 Å². The number of nitro benzene ring substituents is 1. The van der Waals surface area contributed by atoms with Gasteiger partial charge in [-0.2, -0.15) is 0 Å². The van der Waals surface area contributed by atoms with Crippen LogP contribution < -0.4 is 4.74 Å². The lowest BCUT2D eigenvalue weighted by Crippen LogP contribution is -2.37. The first-order valence-corrected chi connectivity index (χ1v) is 6.21. The van der Waals surface area contributed by atoms with Crippen molar-refractivity contribution in [3.8, 4) is 5.75 Å². The molecule has 1 fully saturated rings. The predicted octanol–water partition coefficient (Wildman–Crippen LogP) is 1.90. The third-order valence-electron chi connectivity index (χ3n) is 3.29. The molecule has 0 saturated carbocycles. The third-order valence-corrected chi connectivity index (χ3v) is 3.29. The lowest BCUT2D eigenvalue weighted by Gasteiger charge is -2.29. The minimum Gasteiger partial charge on any atom is -0.490 e. The Kier molecular flexibility index (Phi) is 3.99. The predicted molar refractivity (Wildman–Crippen MR) is 69.1 cm³/mol. The van der Waals surface area contributed by atoms with Gasteiger partial charge in [0.05, 0.1) is 4.92 Å². The van der Waals surface area contributed by atoms with Crippen molar-refractivity contribution in [1.29, 1.82) is 0 Å². The zero-order chi connectivity index (χ0) is 13.8. The summed E-state index contributed by atoms with van der Waals surface area (Å²) in [5.74, 6) is 0.676. The van der Waals surface area contributed by atoms with Gasteiger partial charge in [-0.3, -0.25) is 14.9 Å². The number of nitro groups is 1. The second-order valence-electron chi connectivity index (χ2n) is 4.67. The van der Waals surface area contributed by atoms with Crippen LogP contribution in [0.4, 0.5) is 5.69 Å². The highest BCUT2D eigenvalue weighted by atomic mass is 16.6. The minimum atomic E-state index is -0.417. The molecule has 0 atom stereocenters. The molecule has 6 heteroatoms. The standard InChI is InChI=1S/C13H16N2O4/c1-10-8-11(15(17)18)2-3-13(10)19-12-4-6-14(9-16)7-5-12/h2-3,8-9,12H,4-7H2,1H3. The van der Waals surface area contributed by atoms with E-state index in [1.165, 1.54) is 12.1 Å². The smallest absolute Gasteiger partial charge is 0.269 e. The molecular weight excluding hydrogens is 248 g/mol. The SMILES string of the molecule is Cc1cc([N+](=O)[O-])ccc1OC1CCN(C=O)CC1. The van der Waals surface area contributed by atoms with Crippen molar-refractivity contribution < 1.29 is 14.5 Å². The van der Waals surface area contributed by atoms with Gasteiger partial charge in [-0.05, 0) is 18.6 Å². The van der Waals surface area contributed by atoms with E-state index in [-0.39, 0.29) is 11.8 Å². The van der Waals surface area contributed by atoms with Crippen LogP contribution in [0, 0.1) is 17.0 Å². The summed E-state index contributed by atoms with van der Waals surface area (Å²) in [6, 6.07) is 4.60. The molecule has 102 valence electrons. The Balaban J connectivity index is 2.00. The Labute approximate surface area is 111 Å². The number of hydrogen-bond donors (Lipinski definition) is 0. The Morgan fingerprint density at radius 1 is 1.42 bits per heavy atom. The number of rotatable bonds is 4. The zero-order valence-corrected chi connectivity index (χ0v) is 10.7. The van der Waals surface area contributed by atoms with Gasteiger partial charge in [-0.25, -0.2) is 0 Å². The number of benzene rings is 1. The van der Waals surface area contributed by atoms with Crippen LogP contribution in [0.25, 0.3) is 0 Å². The number of amides is 1. The van der Waals surface area contributed by atoms with Gasteiger partial charge in [0.15, 0.2) is 0 Å². The summed E-state index contributed by atoms with van der Waals surface area (Å²) >= 11 is 0. The van der Waals surface area contributed by atoms with E-state index >= 15 is 0 Å². The third kappa shape index (κ3) is 3.21. The van der Waals surface area contributed by atoms with E-state index in [0.29, 0.717) is 18.8 Å². The lowest BCUT2D eigenvalue weighted by molar-refractivity contribution is -0.384. The normalized spacial score (nSPS) is 16.2. The van der Waals surface area contributed by atoms with Crippen molar-refractivity contribution in [2.45, 2.75) is 25.9 Å². The summed E-state index contributed by atoms with van der Waals surface area (Å²) in [6.07, 6.45) is 2.49. The average Bonchev–Trinajstić information content (AvgIpc) is 2.41. The van der Waals surface area contributed by atoms with Gasteiger partial charge in [-0.15, -0.1) is 0 Å². The maximum absolute atomic E-state index is 10.6. The largest absolute Gasteiger partial charge is 0.490 e. The zero-order valence-electron chi connectivity index (χ0n) is 10.7. The molecule has 1 aromatic rings. The highest BCUT2D eigenvalue weighted by Crippen LogP contribution is 2.26. The van der Waals surface area contributed by atoms with Gasteiger partial charge in [0.2, 0.25) is 6.41 Å². The second-order valence-corrected chi connectivity index (χ2v) is 4.67. The van der Waals surface area contributed by atoms with Gasteiger partial charge in [0.1, 0.15) is 11.9 Å². The summed E-state index contributed by atoms with van der Waals surface area (Å²) in [5.41, 5.74) is 0.827. The fourth-order valence-corrected chi connectivity index (χ4v) is 2.16. The Hall–Kier alpha value is -2.11. The first kappa shape index (κ1) is 13.3. The molecule has 19 heavy (non-hydrogen) atoms. The highest BCUT2D eigenvalue weighted by Gasteiger charge is 2.20. The van der Waals surface area contributed by atoms with Crippen LogP contribution in [-0.2, 0) is 4.79 Å². The monoisotopic (exact) mass is 264 g/mol. The number of ether oxygens (including phenoxy) is 1. The number of non-ortho nitro benzene ring substituents is 1. The first-order valence-electron chi connectivity index (χ1n) is 6.21. The van der Waals surface area contributed by atoms with Gasteiger partial charge in [0, 0.05) is 38.1 Å². The summed E-state index contributed by atoms with van der Waals surface area (Å²) in [6.45, 7) is 3.18. The number of hydrogen-bond acceptors (Lipinski definition) is 4. The number of carbonyl (C=O) groups is 1. The lowest BCUT2D eigenvalue weighted by atomic mass is 10.1. The summed E-state index contributed by atoms with van der Waals surface area (Å²) < 4.78 is 5.85. The first-order chi connectivity index (χ1) is 9.10. The summed E-state index contributed by atoms with van der Waals surface area (Å²) in [5, 5.41) is 10.6. The quantitative estimate of drug-likeness (QED) is 0.473. The molecule has 0 N–H and O–H groups in total. The number of likely N-dealkylation sites (tertiary alicyclic amines) is 1. The summed E-state index contributed by atoms with van der Waals surface area (Å²) in [4.78, 5) is 22.6. The van der Waals surface area contributed by atoms with Crippen LogP contribution in [0.3, 0.4) is 0 Å². The molecule has 1 aliphatic rings. The van der Waals surface area contributed by atoms with Crippen LogP contribution in [-0.4, -0.2) is 35.4 Å². The fourth-order valence-electron chi connectivity index (χ4n) is 2.16. The molecule has 0 radical (unpaired) electrons. The molecule has 0 unspecified atom stereocenters. The molecule has 1 aromatic carbocycles. The molecule has 0 aromatic heterocycles. The van der Waals surface area contributed by atoms with Crippen LogP contribution >= 0.6 is 0 Å². The molecule has 1 saturated heterocycles. The van der Waals surface area contributed by atoms with E-state index in [9.17, 15) is 14.9 Å². The van der Waals surface area contributed by atoms with E-state index in [1.807, 2.05) is 0 Å². The van der Waals surface area contributed by atoms with Crippen LogP contribution in [0.5, 0.6) is 5.75 Å². The Bertz CT molecular complexity index is 482. The highest BCUT2D eigenvalue weighted by molar-refractivity contribution is 5.47. The van der Waals surface area contributed by atoms with Crippen molar-refractivity contribution >= 4 is 12.1 Å². The molecule has 1 aliphatic heterocycles. The number of aryl methyl sites for hydroxylation is 1. The van der Waals surface area contributed by atoms with Crippen LogP contribution in [0.2, 0.25) is 0 Å². The van der Waals surface area contributed by atoms with Crippen molar-refractivity contribution in [3.63, 3.8) is 0 Å². The minimum absolute atomic E-state index is 0.0661. The number of carbonyl (C=O) groups excluding carboxylic acids is 1. The van der Waals surface area contributed by atoms with Gasteiger partial charge in [-0.1, -0.05) is 0 Å². The molecule has 6 nitrogen and oxygen atoms in total. The van der Waals surface area contributed by atoms with Crippen LogP contribution in [0.15, 0.2) is 18.2 Å². The van der Waals surface area contributed by atoms with Crippen LogP contribution in [0.1, 0.15) is 18.4 Å². The molecular formula is C13H16N2O4.